The number of halogens is 4. The van der Waals surface area contributed by atoms with Gasteiger partial charge in [-0.1, -0.05) is 15.9 Å². The van der Waals surface area contributed by atoms with E-state index in [-0.39, 0.29) is 5.75 Å². The normalized spacial score (nSPS) is 13.7. The van der Waals surface area contributed by atoms with Crippen molar-refractivity contribution in [2.24, 2.45) is 0 Å². The minimum Gasteiger partial charge on any atom is -0.481 e. The number of rotatable bonds is 2. The molecule has 0 aromatic heterocycles. The van der Waals surface area contributed by atoms with E-state index in [1.165, 1.54) is 6.07 Å². The van der Waals surface area contributed by atoms with Crippen molar-refractivity contribution in [1.29, 1.82) is 0 Å². The van der Waals surface area contributed by atoms with Crippen LogP contribution < -0.4 is 4.74 Å². The second-order valence-corrected chi connectivity index (χ2v) is 4.07. The molecular weight excluding hydrogens is 273 g/mol. The van der Waals surface area contributed by atoms with E-state index in [1.807, 2.05) is 0 Å². The maximum atomic E-state index is 12.2. The lowest BCUT2D eigenvalue weighted by molar-refractivity contribution is -0.189. The molecule has 0 fully saturated rings. The van der Waals surface area contributed by atoms with Crippen LogP contribution in [0.5, 0.6) is 5.75 Å². The maximum Gasteiger partial charge on any atom is 0.425 e. The number of benzene rings is 1. The van der Waals surface area contributed by atoms with Crippen LogP contribution >= 0.6 is 15.9 Å². The Morgan fingerprint density at radius 3 is 2.40 bits per heavy atom. The molecule has 0 heterocycles. The van der Waals surface area contributed by atoms with Crippen LogP contribution in [-0.2, 0) is 0 Å². The fourth-order valence-corrected chi connectivity index (χ4v) is 1.21. The third kappa shape index (κ3) is 3.41. The molecule has 0 N–H and O–H groups in total. The van der Waals surface area contributed by atoms with Crippen LogP contribution in [0, 0.1) is 6.92 Å². The van der Waals surface area contributed by atoms with Gasteiger partial charge in [0, 0.05) is 4.47 Å². The molecule has 1 rings (SSSR count). The Morgan fingerprint density at radius 1 is 1.33 bits per heavy atom. The number of hydrogen-bond acceptors (Lipinski definition) is 1. The number of alkyl halides is 3. The third-order valence-electron chi connectivity index (χ3n) is 1.90. The van der Waals surface area contributed by atoms with Gasteiger partial charge in [-0.05, 0) is 37.6 Å². The Hall–Kier alpha value is -0.710. The number of hydrogen-bond donors (Lipinski definition) is 0. The lowest BCUT2D eigenvalue weighted by Crippen LogP contribution is -2.31. The first-order valence-electron chi connectivity index (χ1n) is 4.30. The minimum atomic E-state index is -4.33. The average Bonchev–Trinajstić information content (AvgIpc) is 2.10. The smallest absolute Gasteiger partial charge is 0.425 e. The quantitative estimate of drug-likeness (QED) is 0.794. The molecule has 0 spiro atoms. The van der Waals surface area contributed by atoms with Crippen molar-refractivity contribution in [3.05, 3.63) is 28.2 Å². The van der Waals surface area contributed by atoms with Crippen molar-refractivity contribution in [3.8, 4) is 5.75 Å². The summed E-state index contributed by atoms with van der Waals surface area (Å²) in [5.74, 6) is 0.223. The highest BCUT2D eigenvalue weighted by Crippen LogP contribution is 2.27. The Morgan fingerprint density at radius 2 is 1.93 bits per heavy atom. The Balaban J connectivity index is 2.78. The zero-order chi connectivity index (χ0) is 11.6. The summed E-state index contributed by atoms with van der Waals surface area (Å²) < 4.78 is 42.2. The van der Waals surface area contributed by atoms with E-state index >= 15 is 0 Å². The Labute approximate surface area is 94.4 Å². The largest absolute Gasteiger partial charge is 0.481 e. The molecule has 0 amide bonds. The van der Waals surface area contributed by atoms with Gasteiger partial charge in [0.15, 0.2) is 6.10 Å². The molecule has 1 nitrogen and oxygen atoms in total. The molecular formula is C10H10BrF3O. The molecule has 0 aliphatic rings. The van der Waals surface area contributed by atoms with Gasteiger partial charge in [-0.15, -0.1) is 0 Å². The van der Waals surface area contributed by atoms with Crippen LogP contribution in [0.15, 0.2) is 22.7 Å². The lowest BCUT2D eigenvalue weighted by atomic mass is 10.2. The van der Waals surface area contributed by atoms with Gasteiger partial charge in [0.2, 0.25) is 0 Å². The first-order chi connectivity index (χ1) is 6.80. The molecule has 1 atom stereocenters. The Bertz CT molecular complexity index is 349. The lowest BCUT2D eigenvalue weighted by Gasteiger charge is -2.17. The first-order valence-corrected chi connectivity index (χ1v) is 5.09. The van der Waals surface area contributed by atoms with Gasteiger partial charge >= 0.3 is 6.18 Å². The van der Waals surface area contributed by atoms with Crippen LogP contribution in [0.3, 0.4) is 0 Å². The molecule has 5 heteroatoms. The van der Waals surface area contributed by atoms with Crippen LogP contribution in [0.4, 0.5) is 13.2 Å². The molecule has 1 aromatic carbocycles. The highest BCUT2D eigenvalue weighted by atomic mass is 79.9. The van der Waals surface area contributed by atoms with E-state index in [1.54, 1.807) is 19.1 Å². The first kappa shape index (κ1) is 12.4. The molecule has 15 heavy (non-hydrogen) atoms. The average molecular weight is 283 g/mol. The molecule has 0 radical (unpaired) electrons. The van der Waals surface area contributed by atoms with Crippen molar-refractivity contribution < 1.29 is 17.9 Å². The molecule has 0 saturated heterocycles. The zero-order valence-electron chi connectivity index (χ0n) is 8.23. The minimum absolute atomic E-state index is 0.223. The number of aryl methyl sites for hydroxylation is 1. The molecule has 0 saturated carbocycles. The summed E-state index contributed by atoms with van der Waals surface area (Å²) >= 11 is 3.26. The van der Waals surface area contributed by atoms with Crippen molar-refractivity contribution in [3.63, 3.8) is 0 Å². The van der Waals surface area contributed by atoms with Gasteiger partial charge in [-0.3, -0.25) is 0 Å². The van der Waals surface area contributed by atoms with E-state index in [0.29, 0.717) is 0 Å². The summed E-state index contributed by atoms with van der Waals surface area (Å²) in [6, 6.07) is 4.72. The van der Waals surface area contributed by atoms with Crippen molar-refractivity contribution in [1.82, 2.24) is 0 Å². The van der Waals surface area contributed by atoms with Gasteiger partial charge in [0.1, 0.15) is 5.75 Å². The summed E-state index contributed by atoms with van der Waals surface area (Å²) in [5.41, 5.74) is 0.835. The third-order valence-corrected chi connectivity index (χ3v) is 2.79. The van der Waals surface area contributed by atoms with Crippen LogP contribution in [-0.4, -0.2) is 12.3 Å². The summed E-state index contributed by atoms with van der Waals surface area (Å²) in [7, 11) is 0. The molecule has 1 unspecified atom stereocenters. The fraction of sp³-hybridized carbons (Fsp3) is 0.400. The fourth-order valence-electron chi connectivity index (χ4n) is 0.961. The molecule has 0 aliphatic carbocycles. The van der Waals surface area contributed by atoms with E-state index < -0.39 is 12.3 Å². The van der Waals surface area contributed by atoms with Gasteiger partial charge in [-0.25, -0.2) is 0 Å². The zero-order valence-corrected chi connectivity index (χ0v) is 9.82. The highest BCUT2D eigenvalue weighted by molar-refractivity contribution is 9.10. The van der Waals surface area contributed by atoms with E-state index in [0.717, 1.165) is 17.0 Å². The van der Waals surface area contributed by atoms with Crippen LogP contribution in [0.2, 0.25) is 0 Å². The summed E-state index contributed by atoms with van der Waals surface area (Å²) in [6.45, 7) is 2.77. The molecule has 0 aliphatic heterocycles. The van der Waals surface area contributed by atoms with Crippen LogP contribution in [0.1, 0.15) is 12.5 Å². The monoisotopic (exact) mass is 282 g/mol. The topological polar surface area (TPSA) is 9.23 Å². The van der Waals surface area contributed by atoms with Gasteiger partial charge < -0.3 is 4.74 Å². The predicted molar refractivity (Wildman–Crippen MR) is 55.0 cm³/mol. The van der Waals surface area contributed by atoms with Crippen molar-refractivity contribution in [2.75, 3.05) is 0 Å². The summed E-state index contributed by atoms with van der Waals surface area (Å²) in [6.07, 6.45) is -6.13. The highest BCUT2D eigenvalue weighted by Gasteiger charge is 2.38. The van der Waals surface area contributed by atoms with E-state index in [2.05, 4.69) is 15.9 Å². The molecule has 84 valence electrons. The van der Waals surface area contributed by atoms with Crippen molar-refractivity contribution in [2.45, 2.75) is 26.1 Å². The SMILES string of the molecule is Cc1cc(OC(C)C(F)(F)F)ccc1Br. The predicted octanol–water partition coefficient (Wildman–Crippen LogP) is 4.09. The number of ether oxygens (including phenoxy) is 1. The second-order valence-electron chi connectivity index (χ2n) is 3.21. The molecule has 1 aromatic rings. The van der Waals surface area contributed by atoms with Crippen molar-refractivity contribution >= 4 is 15.9 Å². The second kappa shape index (κ2) is 4.43. The van der Waals surface area contributed by atoms with Crippen LogP contribution in [0.25, 0.3) is 0 Å². The van der Waals surface area contributed by atoms with E-state index in [4.69, 9.17) is 4.74 Å². The van der Waals surface area contributed by atoms with Gasteiger partial charge in [0.25, 0.3) is 0 Å². The standard InChI is InChI=1S/C10H10BrF3O/c1-6-5-8(3-4-9(6)11)15-7(2)10(12,13)14/h3-5,7H,1-2H3. The Kier molecular flexibility index (Phi) is 3.65. The summed E-state index contributed by atoms with van der Waals surface area (Å²) in [4.78, 5) is 0. The van der Waals surface area contributed by atoms with E-state index in [9.17, 15) is 13.2 Å². The van der Waals surface area contributed by atoms with Gasteiger partial charge in [-0.2, -0.15) is 13.2 Å². The molecule has 0 bridgehead atoms. The van der Waals surface area contributed by atoms with Gasteiger partial charge in [0.05, 0.1) is 0 Å². The summed E-state index contributed by atoms with van der Waals surface area (Å²) in [5, 5.41) is 0. The maximum absolute atomic E-state index is 12.2.